The molecule has 0 aromatic heterocycles. The first-order valence-electron chi connectivity index (χ1n) is 7.77. The fourth-order valence-corrected chi connectivity index (χ4v) is 2.26. The van der Waals surface area contributed by atoms with Gasteiger partial charge in [0.25, 0.3) is 11.6 Å². The fourth-order valence-electron chi connectivity index (χ4n) is 2.26. The zero-order chi connectivity index (χ0) is 18.2. The minimum Gasteiger partial charge on any atom is -0.464 e. The van der Waals surface area contributed by atoms with Crippen molar-refractivity contribution in [2.24, 2.45) is 0 Å². The molecule has 1 amide bonds. The van der Waals surface area contributed by atoms with Gasteiger partial charge >= 0.3 is 5.97 Å². The lowest BCUT2D eigenvalue weighted by molar-refractivity contribution is -0.384. The van der Waals surface area contributed by atoms with Crippen molar-refractivity contribution in [3.05, 3.63) is 75.8 Å². The molecule has 2 aromatic rings. The second-order valence-electron chi connectivity index (χ2n) is 5.27. The van der Waals surface area contributed by atoms with Crippen molar-refractivity contribution in [2.75, 3.05) is 6.61 Å². The summed E-state index contributed by atoms with van der Waals surface area (Å²) in [5.74, 6) is -0.939. The van der Waals surface area contributed by atoms with E-state index < -0.39 is 16.9 Å². The molecule has 0 aliphatic rings. The van der Waals surface area contributed by atoms with E-state index in [0.717, 1.165) is 0 Å². The molecule has 0 bridgehead atoms. The Morgan fingerprint density at radius 2 is 1.76 bits per heavy atom. The van der Waals surface area contributed by atoms with Crippen LogP contribution in [0.4, 0.5) is 5.69 Å². The number of hydrogen-bond donors (Lipinski definition) is 1. The van der Waals surface area contributed by atoms with Crippen LogP contribution in [0.25, 0.3) is 0 Å². The first-order valence-corrected chi connectivity index (χ1v) is 7.77. The predicted molar refractivity (Wildman–Crippen MR) is 91.1 cm³/mol. The first-order chi connectivity index (χ1) is 12.0. The van der Waals surface area contributed by atoms with Gasteiger partial charge in [-0.1, -0.05) is 30.3 Å². The van der Waals surface area contributed by atoms with Crippen LogP contribution in [0.2, 0.25) is 0 Å². The Labute approximate surface area is 144 Å². The van der Waals surface area contributed by atoms with E-state index >= 15 is 0 Å². The molecule has 2 rings (SSSR count). The maximum atomic E-state index is 12.3. The average molecular weight is 342 g/mol. The van der Waals surface area contributed by atoms with Crippen LogP contribution < -0.4 is 5.32 Å². The van der Waals surface area contributed by atoms with Gasteiger partial charge in [-0.25, -0.2) is 4.79 Å². The van der Waals surface area contributed by atoms with E-state index in [1.807, 2.05) is 0 Å². The standard InChI is InChI=1S/C18H18N2O5/c1-2-25-18(22)16(19-17(21)14-6-4-3-5-7-14)12-13-8-10-15(11-9-13)20(23)24/h3-11,16H,2,12H2,1H3,(H,19,21)/t16-/m0/s1. The molecule has 7 heteroatoms. The van der Waals surface area contributed by atoms with E-state index in [-0.39, 0.29) is 24.6 Å². The molecule has 7 nitrogen and oxygen atoms in total. The molecular weight excluding hydrogens is 324 g/mol. The summed E-state index contributed by atoms with van der Waals surface area (Å²) < 4.78 is 5.01. The molecule has 0 radical (unpaired) electrons. The van der Waals surface area contributed by atoms with Crippen molar-refractivity contribution in [2.45, 2.75) is 19.4 Å². The van der Waals surface area contributed by atoms with Crippen LogP contribution in [0.15, 0.2) is 54.6 Å². The van der Waals surface area contributed by atoms with E-state index in [4.69, 9.17) is 4.74 Å². The monoisotopic (exact) mass is 342 g/mol. The van der Waals surface area contributed by atoms with Gasteiger partial charge in [-0.05, 0) is 24.6 Å². The molecule has 25 heavy (non-hydrogen) atoms. The van der Waals surface area contributed by atoms with E-state index in [9.17, 15) is 19.7 Å². The maximum absolute atomic E-state index is 12.3. The molecule has 0 aliphatic carbocycles. The second-order valence-corrected chi connectivity index (χ2v) is 5.27. The van der Waals surface area contributed by atoms with Crippen molar-refractivity contribution < 1.29 is 19.2 Å². The number of carbonyl (C=O) groups excluding carboxylic acids is 2. The highest BCUT2D eigenvalue weighted by Gasteiger charge is 2.23. The molecule has 0 unspecified atom stereocenters. The number of nitrogens with one attached hydrogen (secondary N) is 1. The number of nitro groups is 1. The SMILES string of the molecule is CCOC(=O)[C@H](Cc1ccc([N+](=O)[O-])cc1)NC(=O)c1ccccc1. The van der Waals surface area contributed by atoms with E-state index in [2.05, 4.69) is 5.32 Å². The Kier molecular flexibility index (Phi) is 6.22. The van der Waals surface area contributed by atoms with Crippen LogP contribution in [0, 0.1) is 10.1 Å². The number of benzene rings is 2. The Bertz CT molecular complexity index is 744. The lowest BCUT2D eigenvalue weighted by Gasteiger charge is -2.17. The zero-order valence-electron chi connectivity index (χ0n) is 13.7. The molecule has 0 saturated carbocycles. The highest BCUT2D eigenvalue weighted by Crippen LogP contribution is 2.14. The molecule has 0 heterocycles. The Morgan fingerprint density at radius 3 is 2.32 bits per heavy atom. The molecule has 0 aliphatic heterocycles. The Balaban J connectivity index is 2.14. The van der Waals surface area contributed by atoms with Gasteiger partial charge in [0.15, 0.2) is 0 Å². The largest absolute Gasteiger partial charge is 0.464 e. The lowest BCUT2D eigenvalue weighted by Crippen LogP contribution is -2.43. The number of rotatable bonds is 7. The summed E-state index contributed by atoms with van der Waals surface area (Å²) in [4.78, 5) is 34.6. The number of nitrogens with zero attached hydrogens (tertiary/aromatic N) is 1. The van der Waals surface area contributed by atoms with E-state index in [1.54, 1.807) is 49.4 Å². The van der Waals surface area contributed by atoms with E-state index in [0.29, 0.717) is 11.1 Å². The number of non-ortho nitro benzene ring substituents is 1. The number of carbonyl (C=O) groups is 2. The van der Waals surface area contributed by atoms with Gasteiger partial charge in [-0.2, -0.15) is 0 Å². The van der Waals surface area contributed by atoms with E-state index in [1.165, 1.54) is 12.1 Å². The van der Waals surface area contributed by atoms with Crippen LogP contribution in [-0.4, -0.2) is 29.4 Å². The number of hydrogen-bond acceptors (Lipinski definition) is 5. The zero-order valence-corrected chi connectivity index (χ0v) is 13.7. The van der Waals surface area contributed by atoms with Crippen molar-refractivity contribution >= 4 is 17.6 Å². The molecule has 0 saturated heterocycles. The molecule has 1 N–H and O–H groups in total. The van der Waals surface area contributed by atoms with Crippen LogP contribution in [0.5, 0.6) is 0 Å². The summed E-state index contributed by atoms with van der Waals surface area (Å²) in [6, 6.07) is 13.5. The molecular formula is C18H18N2O5. The summed E-state index contributed by atoms with van der Waals surface area (Å²) in [6.07, 6.45) is 0.176. The molecule has 2 aromatic carbocycles. The van der Waals surface area contributed by atoms with Gasteiger partial charge in [0.1, 0.15) is 6.04 Å². The van der Waals surface area contributed by atoms with Gasteiger partial charge in [0.05, 0.1) is 11.5 Å². The third kappa shape index (κ3) is 5.13. The lowest BCUT2D eigenvalue weighted by atomic mass is 10.0. The third-order valence-electron chi connectivity index (χ3n) is 3.50. The van der Waals surface area contributed by atoms with Gasteiger partial charge in [-0.15, -0.1) is 0 Å². The van der Waals surface area contributed by atoms with Gasteiger partial charge in [0, 0.05) is 24.1 Å². The minimum atomic E-state index is -0.880. The molecule has 0 spiro atoms. The number of esters is 1. The smallest absolute Gasteiger partial charge is 0.328 e. The highest BCUT2D eigenvalue weighted by molar-refractivity contribution is 5.96. The third-order valence-corrected chi connectivity index (χ3v) is 3.50. The van der Waals surface area contributed by atoms with Crippen molar-refractivity contribution in [1.82, 2.24) is 5.32 Å². The molecule has 0 fully saturated rings. The van der Waals surface area contributed by atoms with Crippen LogP contribution in [-0.2, 0) is 16.0 Å². The fraction of sp³-hybridized carbons (Fsp3) is 0.222. The Hall–Kier alpha value is -3.22. The predicted octanol–water partition coefficient (Wildman–Crippen LogP) is 2.50. The topological polar surface area (TPSA) is 98.5 Å². The second kappa shape index (κ2) is 8.58. The number of nitro benzene ring substituents is 1. The summed E-state index contributed by atoms with van der Waals surface area (Å²) in [6.45, 7) is 1.87. The van der Waals surface area contributed by atoms with Gasteiger partial charge in [-0.3, -0.25) is 14.9 Å². The summed E-state index contributed by atoms with van der Waals surface area (Å²) in [5.41, 5.74) is 1.07. The highest BCUT2D eigenvalue weighted by atomic mass is 16.6. The number of amides is 1. The van der Waals surface area contributed by atoms with Crippen molar-refractivity contribution in [3.8, 4) is 0 Å². The normalized spacial score (nSPS) is 11.4. The van der Waals surface area contributed by atoms with Crippen LogP contribution in [0.1, 0.15) is 22.8 Å². The maximum Gasteiger partial charge on any atom is 0.328 e. The quantitative estimate of drug-likeness (QED) is 0.473. The van der Waals surface area contributed by atoms with Crippen molar-refractivity contribution in [1.29, 1.82) is 0 Å². The molecule has 1 atom stereocenters. The summed E-state index contributed by atoms with van der Waals surface area (Å²) in [5, 5.41) is 13.4. The minimum absolute atomic E-state index is 0.0373. The number of ether oxygens (including phenoxy) is 1. The van der Waals surface area contributed by atoms with Gasteiger partial charge < -0.3 is 10.1 Å². The van der Waals surface area contributed by atoms with Crippen LogP contribution >= 0.6 is 0 Å². The Morgan fingerprint density at radius 1 is 1.12 bits per heavy atom. The van der Waals surface area contributed by atoms with Crippen molar-refractivity contribution in [3.63, 3.8) is 0 Å². The van der Waals surface area contributed by atoms with Crippen LogP contribution in [0.3, 0.4) is 0 Å². The summed E-state index contributed by atoms with van der Waals surface area (Å²) >= 11 is 0. The molecule has 130 valence electrons. The first kappa shape index (κ1) is 18.1. The average Bonchev–Trinajstić information content (AvgIpc) is 2.62. The summed E-state index contributed by atoms with van der Waals surface area (Å²) in [7, 11) is 0. The van der Waals surface area contributed by atoms with Gasteiger partial charge in [0.2, 0.25) is 0 Å².